The van der Waals surface area contributed by atoms with Crippen molar-refractivity contribution in [1.29, 1.82) is 0 Å². The summed E-state index contributed by atoms with van der Waals surface area (Å²) in [5, 5.41) is 2.02. The highest BCUT2D eigenvalue weighted by atomic mass is 35.5. The number of aryl methyl sites for hydroxylation is 1. The molecule has 6 rings (SSSR count). The zero-order valence-electron chi connectivity index (χ0n) is 29.6. The standard InChI is InChI=1S/C36H45ClN6O7S/c1-6-40-16-18-41(19-17-40)26-12-14-42(15-13-26)39-34(44)36(29-20-24(3)23-38-33(29)50-7-2)28-21-25(37)8-10-30(28)43(35(36)45)51(46,47)32-11-9-27(48-4)22-31(32)49-5/h8-11,20-23,26H,6-7,12-19H2,1-5H3,(H,39,44). The molecule has 3 aliphatic heterocycles. The largest absolute Gasteiger partial charge is 0.497 e. The Hall–Kier alpha value is -3.95. The van der Waals surface area contributed by atoms with Crippen molar-refractivity contribution in [3.63, 3.8) is 0 Å². The molecule has 2 fully saturated rings. The molecule has 15 heteroatoms. The Balaban J connectivity index is 1.43. The molecule has 3 aromatic rings. The fraction of sp³-hybridized carbons (Fsp3) is 0.472. The van der Waals surface area contributed by atoms with Crippen molar-refractivity contribution in [2.45, 2.75) is 50.0 Å². The molecule has 4 heterocycles. The maximum atomic E-state index is 15.3. The van der Waals surface area contributed by atoms with Gasteiger partial charge in [0.05, 0.1) is 26.5 Å². The van der Waals surface area contributed by atoms with Crippen molar-refractivity contribution in [3.05, 3.63) is 70.4 Å². The van der Waals surface area contributed by atoms with E-state index >= 15 is 9.59 Å². The number of fused-ring (bicyclic) bond motifs is 1. The van der Waals surface area contributed by atoms with Gasteiger partial charge in [-0.3, -0.25) is 19.9 Å². The van der Waals surface area contributed by atoms with Crippen LogP contribution in [-0.4, -0.2) is 113 Å². The summed E-state index contributed by atoms with van der Waals surface area (Å²) in [6, 6.07) is 10.6. The number of hydrogen-bond acceptors (Lipinski definition) is 11. The van der Waals surface area contributed by atoms with Crippen molar-refractivity contribution in [1.82, 2.24) is 25.2 Å². The molecule has 13 nitrogen and oxygen atoms in total. The maximum absolute atomic E-state index is 15.3. The van der Waals surface area contributed by atoms with Crippen LogP contribution < -0.4 is 23.9 Å². The van der Waals surface area contributed by atoms with Crippen molar-refractivity contribution < 1.29 is 32.2 Å². The average Bonchev–Trinajstić information content (AvgIpc) is 3.40. The minimum Gasteiger partial charge on any atom is -0.497 e. The number of anilines is 1. The van der Waals surface area contributed by atoms with Crippen LogP contribution in [0.1, 0.15) is 43.4 Å². The van der Waals surface area contributed by atoms with E-state index in [0.29, 0.717) is 34.7 Å². The van der Waals surface area contributed by atoms with E-state index < -0.39 is 27.3 Å². The summed E-state index contributed by atoms with van der Waals surface area (Å²) in [6.07, 6.45) is 3.22. The van der Waals surface area contributed by atoms with E-state index in [1.54, 1.807) is 26.1 Å². The van der Waals surface area contributed by atoms with Gasteiger partial charge in [-0.15, -0.1) is 0 Å². The maximum Gasteiger partial charge on any atom is 0.274 e. The molecular weight excluding hydrogens is 696 g/mol. The number of methoxy groups -OCH3 is 2. The number of nitrogens with zero attached hydrogens (tertiary/aromatic N) is 5. The van der Waals surface area contributed by atoms with E-state index in [-0.39, 0.29) is 45.0 Å². The highest BCUT2D eigenvalue weighted by Gasteiger charge is 2.63. The predicted octanol–water partition coefficient (Wildman–Crippen LogP) is 3.61. The Morgan fingerprint density at radius 3 is 2.35 bits per heavy atom. The first-order valence-corrected chi connectivity index (χ1v) is 19.1. The lowest BCUT2D eigenvalue weighted by atomic mass is 9.74. The Morgan fingerprint density at radius 2 is 1.71 bits per heavy atom. The van der Waals surface area contributed by atoms with Crippen LogP contribution in [0, 0.1) is 6.92 Å². The molecule has 51 heavy (non-hydrogen) atoms. The third-order valence-electron chi connectivity index (χ3n) is 10.1. The number of piperidine rings is 1. The van der Waals surface area contributed by atoms with E-state index in [1.807, 2.05) is 5.01 Å². The van der Waals surface area contributed by atoms with Crippen LogP contribution in [0.3, 0.4) is 0 Å². The number of piperazine rings is 1. The molecule has 3 aliphatic rings. The van der Waals surface area contributed by atoms with E-state index in [0.717, 1.165) is 45.6 Å². The monoisotopic (exact) mass is 740 g/mol. The number of carbonyl (C=O) groups excluding carboxylic acids is 2. The number of sulfonamides is 1. The summed E-state index contributed by atoms with van der Waals surface area (Å²) in [6.45, 7) is 12.1. The van der Waals surface area contributed by atoms with Crippen LogP contribution in [0.25, 0.3) is 0 Å². The minimum absolute atomic E-state index is 0.0219. The van der Waals surface area contributed by atoms with Gasteiger partial charge in [0.1, 0.15) is 16.4 Å². The lowest BCUT2D eigenvalue weighted by molar-refractivity contribution is -0.137. The summed E-state index contributed by atoms with van der Waals surface area (Å²) >= 11 is 6.57. The first-order valence-electron chi connectivity index (χ1n) is 17.2. The number of aromatic nitrogens is 1. The number of likely N-dealkylation sites (N-methyl/N-ethyl adjacent to an activating group) is 1. The molecule has 0 bridgehead atoms. The van der Waals surface area contributed by atoms with E-state index in [9.17, 15) is 8.42 Å². The van der Waals surface area contributed by atoms with Gasteiger partial charge in [-0.05, 0) is 75.2 Å². The minimum atomic E-state index is -4.69. The normalized spacial score (nSPS) is 20.7. The molecule has 2 saturated heterocycles. The Labute approximate surface area is 304 Å². The van der Waals surface area contributed by atoms with Gasteiger partial charge < -0.3 is 19.1 Å². The molecule has 2 aromatic carbocycles. The van der Waals surface area contributed by atoms with Gasteiger partial charge in [0.2, 0.25) is 5.88 Å². The second-order valence-corrected chi connectivity index (χ2v) is 15.1. The molecule has 1 aromatic heterocycles. The first kappa shape index (κ1) is 36.8. The van der Waals surface area contributed by atoms with Gasteiger partial charge in [-0.1, -0.05) is 18.5 Å². The highest BCUT2D eigenvalue weighted by Crippen LogP contribution is 2.52. The van der Waals surface area contributed by atoms with Crippen LogP contribution in [0.4, 0.5) is 5.69 Å². The van der Waals surface area contributed by atoms with E-state index in [2.05, 4.69) is 27.1 Å². The quantitative estimate of drug-likeness (QED) is 0.289. The Kier molecular flexibility index (Phi) is 10.8. The summed E-state index contributed by atoms with van der Waals surface area (Å²) in [5.41, 5.74) is 1.59. The van der Waals surface area contributed by atoms with Gasteiger partial charge in [0.15, 0.2) is 5.41 Å². The van der Waals surface area contributed by atoms with Crippen LogP contribution >= 0.6 is 11.6 Å². The van der Waals surface area contributed by atoms with Gasteiger partial charge >= 0.3 is 0 Å². The molecular formula is C36H45ClN6O7S. The van der Waals surface area contributed by atoms with Crippen LogP contribution in [0.5, 0.6) is 17.4 Å². The number of carbonyl (C=O) groups is 2. The number of hydrazine groups is 1. The number of ether oxygens (including phenoxy) is 3. The van der Waals surface area contributed by atoms with Crippen molar-refractivity contribution >= 4 is 39.1 Å². The Bertz CT molecular complexity index is 1900. The van der Waals surface area contributed by atoms with Crippen LogP contribution in [-0.2, 0) is 25.0 Å². The smallest absolute Gasteiger partial charge is 0.274 e. The van der Waals surface area contributed by atoms with Crippen LogP contribution in [0.2, 0.25) is 5.02 Å². The number of hydrogen-bond donors (Lipinski definition) is 1. The third kappa shape index (κ3) is 6.63. The molecule has 2 amide bonds. The third-order valence-corrected chi connectivity index (χ3v) is 12.1. The lowest BCUT2D eigenvalue weighted by Gasteiger charge is -2.43. The first-order chi connectivity index (χ1) is 24.5. The Morgan fingerprint density at radius 1 is 0.980 bits per heavy atom. The SMILES string of the molecule is CCOc1ncc(C)cc1C1(C(=O)NN2CCC(N3CCN(CC)CC3)CC2)C(=O)N(S(=O)(=O)c2ccc(OC)cc2OC)c2ccc(Cl)cc21. The molecule has 1 unspecified atom stereocenters. The van der Waals surface area contributed by atoms with Gasteiger partial charge in [0, 0.05) is 73.7 Å². The number of halogens is 1. The second kappa shape index (κ2) is 15.0. The zero-order chi connectivity index (χ0) is 36.5. The molecule has 274 valence electrons. The number of benzene rings is 2. The molecule has 0 saturated carbocycles. The number of rotatable bonds is 11. The van der Waals surface area contributed by atoms with E-state index in [1.165, 1.54) is 50.6 Å². The van der Waals surface area contributed by atoms with Crippen molar-refractivity contribution in [3.8, 4) is 17.4 Å². The molecule has 0 spiro atoms. The summed E-state index contributed by atoms with van der Waals surface area (Å²) in [7, 11) is -1.92. The fourth-order valence-corrected chi connectivity index (χ4v) is 9.16. The van der Waals surface area contributed by atoms with Gasteiger partial charge in [0.25, 0.3) is 21.8 Å². The van der Waals surface area contributed by atoms with Crippen molar-refractivity contribution in [2.75, 3.05) is 70.9 Å². The number of nitrogens with one attached hydrogen (secondary N) is 1. The van der Waals surface area contributed by atoms with Gasteiger partial charge in [-0.25, -0.2) is 22.7 Å². The molecule has 1 atom stereocenters. The summed E-state index contributed by atoms with van der Waals surface area (Å²) in [5.74, 6) is -1.40. The van der Waals surface area contributed by atoms with Crippen LogP contribution in [0.15, 0.2) is 53.6 Å². The van der Waals surface area contributed by atoms with Gasteiger partial charge in [-0.2, -0.15) is 0 Å². The highest BCUT2D eigenvalue weighted by molar-refractivity contribution is 7.93. The molecule has 0 radical (unpaired) electrons. The molecule has 1 N–H and O–H groups in total. The van der Waals surface area contributed by atoms with Crippen molar-refractivity contribution in [2.24, 2.45) is 0 Å². The summed E-state index contributed by atoms with van der Waals surface area (Å²) in [4.78, 5) is 39.5. The second-order valence-electron chi connectivity index (χ2n) is 12.9. The number of pyridine rings is 1. The molecule has 0 aliphatic carbocycles. The van der Waals surface area contributed by atoms with E-state index in [4.69, 9.17) is 25.8 Å². The summed E-state index contributed by atoms with van der Waals surface area (Å²) < 4.78 is 46.6. The zero-order valence-corrected chi connectivity index (χ0v) is 31.2. The average molecular weight is 741 g/mol. The fourth-order valence-electron chi connectivity index (χ4n) is 7.38. The lowest BCUT2D eigenvalue weighted by Crippen LogP contribution is -2.60. The predicted molar refractivity (Wildman–Crippen MR) is 193 cm³/mol. The topological polar surface area (TPSA) is 134 Å². The number of amides is 2.